The van der Waals surface area contributed by atoms with Crippen molar-refractivity contribution in [1.82, 2.24) is 15.6 Å². The Kier molecular flexibility index (Phi) is 7.75. The van der Waals surface area contributed by atoms with Gasteiger partial charge in [-0.3, -0.25) is 9.59 Å². The third-order valence-electron chi connectivity index (χ3n) is 5.35. The van der Waals surface area contributed by atoms with E-state index in [2.05, 4.69) is 15.6 Å². The number of aromatic hydroxyl groups is 1. The molecule has 2 amide bonds. The highest BCUT2D eigenvalue weighted by atomic mass is 16.5. The molecule has 0 saturated heterocycles. The molecular weight excluding hydrogens is 474 g/mol. The van der Waals surface area contributed by atoms with Crippen LogP contribution >= 0.6 is 0 Å². The van der Waals surface area contributed by atoms with Crippen LogP contribution in [-0.2, 0) is 13.1 Å². The number of carbonyl (C=O) groups excluding carboxylic acids is 2. The van der Waals surface area contributed by atoms with E-state index in [0.717, 1.165) is 11.1 Å². The highest BCUT2D eigenvalue weighted by Gasteiger charge is 2.15. The first-order chi connectivity index (χ1) is 17.9. The molecule has 4 aromatic rings. The van der Waals surface area contributed by atoms with Crippen LogP contribution in [0.4, 0.5) is 0 Å². The van der Waals surface area contributed by atoms with Gasteiger partial charge >= 0.3 is 5.97 Å². The number of carboxylic acids is 1. The van der Waals surface area contributed by atoms with Crippen molar-refractivity contribution >= 4 is 17.8 Å². The van der Waals surface area contributed by atoms with Gasteiger partial charge in [0.15, 0.2) is 0 Å². The second-order valence-corrected chi connectivity index (χ2v) is 8.02. The highest BCUT2D eigenvalue weighted by molar-refractivity contribution is 5.96. The summed E-state index contributed by atoms with van der Waals surface area (Å²) in [5.41, 5.74) is 2.34. The van der Waals surface area contributed by atoms with Crippen molar-refractivity contribution in [1.29, 1.82) is 0 Å². The topological polar surface area (TPSA) is 138 Å². The average molecular weight is 498 g/mol. The van der Waals surface area contributed by atoms with Crippen LogP contribution in [0.15, 0.2) is 91.1 Å². The maximum atomic E-state index is 12.8. The van der Waals surface area contributed by atoms with Crippen molar-refractivity contribution < 1.29 is 29.3 Å². The maximum absolute atomic E-state index is 12.8. The molecule has 0 aliphatic carbocycles. The summed E-state index contributed by atoms with van der Waals surface area (Å²) < 4.78 is 5.69. The molecule has 0 atom stereocenters. The van der Waals surface area contributed by atoms with Gasteiger partial charge < -0.3 is 25.6 Å². The molecule has 4 N–H and O–H groups in total. The zero-order valence-electron chi connectivity index (χ0n) is 19.5. The number of hydrogen-bond donors (Lipinski definition) is 4. The van der Waals surface area contributed by atoms with Gasteiger partial charge in [0.25, 0.3) is 11.8 Å². The summed E-state index contributed by atoms with van der Waals surface area (Å²) in [5, 5.41) is 24.3. The van der Waals surface area contributed by atoms with E-state index in [-0.39, 0.29) is 41.0 Å². The number of benzene rings is 3. The Labute approximate surface area is 212 Å². The molecule has 9 nitrogen and oxygen atoms in total. The maximum Gasteiger partial charge on any atom is 0.335 e. The minimum atomic E-state index is -1.09. The van der Waals surface area contributed by atoms with E-state index >= 15 is 0 Å². The summed E-state index contributed by atoms with van der Waals surface area (Å²) >= 11 is 0. The highest BCUT2D eigenvalue weighted by Crippen LogP contribution is 2.24. The lowest BCUT2D eigenvalue weighted by molar-refractivity contribution is 0.0695. The van der Waals surface area contributed by atoms with E-state index in [9.17, 15) is 19.5 Å². The number of amides is 2. The number of aromatic nitrogens is 1. The first-order valence-electron chi connectivity index (χ1n) is 11.3. The van der Waals surface area contributed by atoms with Gasteiger partial charge in [-0.05, 0) is 59.7 Å². The Hall–Kier alpha value is -5.18. The minimum absolute atomic E-state index is 0.0245. The quantitative estimate of drug-likeness (QED) is 0.273. The number of phenolic OH excluding ortho intramolecular Hbond substituents is 1. The standard InChI is InChI=1S/C28H23N3O6/c32-22-6-1-4-20(14-22)25(33)30-16-18-9-11-19(12-10-18)17-31-26(34)24-8-3-13-29-27(24)37-23-7-2-5-21(15-23)28(35)36/h1-15,32H,16-17H2,(H,30,33)(H,31,34)(H,35,36). The summed E-state index contributed by atoms with van der Waals surface area (Å²) in [5.74, 6) is -1.46. The number of rotatable bonds is 9. The van der Waals surface area contributed by atoms with Crippen LogP contribution in [0, 0.1) is 0 Å². The van der Waals surface area contributed by atoms with Gasteiger partial charge in [-0.25, -0.2) is 9.78 Å². The third-order valence-corrected chi connectivity index (χ3v) is 5.35. The number of phenols is 1. The number of hydrogen-bond acceptors (Lipinski definition) is 6. The molecule has 0 spiro atoms. The van der Waals surface area contributed by atoms with Crippen molar-refractivity contribution in [3.8, 4) is 17.4 Å². The first-order valence-corrected chi connectivity index (χ1v) is 11.3. The number of nitrogens with zero attached hydrogens (tertiary/aromatic N) is 1. The average Bonchev–Trinajstić information content (AvgIpc) is 2.91. The van der Waals surface area contributed by atoms with Crippen LogP contribution in [0.3, 0.4) is 0 Å². The zero-order valence-corrected chi connectivity index (χ0v) is 19.5. The van der Waals surface area contributed by atoms with E-state index in [1.807, 2.05) is 24.3 Å². The van der Waals surface area contributed by atoms with Crippen molar-refractivity contribution in [2.75, 3.05) is 0 Å². The number of carboxylic acid groups (broad SMARTS) is 1. The minimum Gasteiger partial charge on any atom is -0.508 e. The van der Waals surface area contributed by atoms with Crippen LogP contribution < -0.4 is 15.4 Å². The molecule has 0 aliphatic rings. The van der Waals surface area contributed by atoms with Crippen LogP contribution in [0.1, 0.15) is 42.2 Å². The lowest BCUT2D eigenvalue weighted by Gasteiger charge is -2.11. The van der Waals surface area contributed by atoms with Crippen molar-refractivity contribution in [2.24, 2.45) is 0 Å². The van der Waals surface area contributed by atoms with Crippen LogP contribution in [0.25, 0.3) is 0 Å². The summed E-state index contributed by atoms with van der Waals surface area (Å²) in [6, 6.07) is 22.6. The van der Waals surface area contributed by atoms with E-state index in [4.69, 9.17) is 9.84 Å². The lowest BCUT2D eigenvalue weighted by Crippen LogP contribution is -2.24. The van der Waals surface area contributed by atoms with E-state index in [0.29, 0.717) is 12.1 Å². The fraction of sp³-hybridized carbons (Fsp3) is 0.0714. The van der Waals surface area contributed by atoms with Gasteiger partial charge in [-0.2, -0.15) is 0 Å². The number of carbonyl (C=O) groups is 3. The van der Waals surface area contributed by atoms with Gasteiger partial charge in [0.1, 0.15) is 17.1 Å². The molecule has 1 heterocycles. The second kappa shape index (κ2) is 11.5. The van der Waals surface area contributed by atoms with Crippen molar-refractivity contribution in [3.05, 3.63) is 119 Å². The van der Waals surface area contributed by atoms with Gasteiger partial charge in [0.2, 0.25) is 5.88 Å². The number of aromatic carboxylic acids is 1. The molecule has 0 radical (unpaired) electrons. The number of ether oxygens (including phenoxy) is 1. The van der Waals surface area contributed by atoms with Crippen molar-refractivity contribution in [3.63, 3.8) is 0 Å². The molecule has 4 rings (SSSR count). The normalized spacial score (nSPS) is 10.4. The van der Waals surface area contributed by atoms with Crippen molar-refractivity contribution in [2.45, 2.75) is 13.1 Å². The molecule has 0 aliphatic heterocycles. The molecule has 1 aromatic heterocycles. The molecule has 0 unspecified atom stereocenters. The molecule has 3 aromatic carbocycles. The molecule has 37 heavy (non-hydrogen) atoms. The molecule has 186 valence electrons. The van der Waals surface area contributed by atoms with Crippen LogP contribution in [0.2, 0.25) is 0 Å². The smallest absolute Gasteiger partial charge is 0.335 e. The fourth-order valence-corrected chi connectivity index (χ4v) is 3.43. The Morgan fingerprint density at radius 3 is 2.08 bits per heavy atom. The van der Waals surface area contributed by atoms with Gasteiger partial charge in [-0.15, -0.1) is 0 Å². The van der Waals surface area contributed by atoms with Gasteiger partial charge in [-0.1, -0.05) is 36.4 Å². The van der Waals surface area contributed by atoms with Gasteiger partial charge in [0, 0.05) is 24.8 Å². The summed E-state index contributed by atoms with van der Waals surface area (Å²) in [6.07, 6.45) is 1.48. The van der Waals surface area contributed by atoms with Crippen LogP contribution in [-0.4, -0.2) is 33.0 Å². The Bertz CT molecular complexity index is 1440. The summed E-state index contributed by atoms with van der Waals surface area (Å²) in [4.78, 5) is 40.4. The third kappa shape index (κ3) is 6.70. The van der Waals surface area contributed by atoms with E-state index < -0.39 is 11.9 Å². The van der Waals surface area contributed by atoms with Crippen LogP contribution in [0.5, 0.6) is 17.4 Å². The van der Waals surface area contributed by atoms with Gasteiger partial charge in [0.05, 0.1) is 5.56 Å². The summed E-state index contributed by atoms with van der Waals surface area (Å²) in [6.45, 7) is 0.554. The fourth-order valence-electron chi connectivity index (χ4n) is 3.43. The zero-order chi connectivity index (χ0) is 26.2. The number of nitrogens with one attached hydrogen (secondary N) is 2. The monoisotopic (exact) mass is 497 g/mol. The van der Waals surface area contributed by atoms with E-state index in [1.54, 1.807) is 36.4 Å². The Balaban J connectivity index is 1.33. The molecule has 0 fully saturated rings. The molecule has 9 heteroatoms. The Morgan fingerprint density at radius 2 is 1.41 bits per heavy atom. The predicted molar refractivity (Wildman–Crippen MR) is 135 cm³/mol. The first kappa shape index (κ1) is 24.9. The second-order valence-electron chi connectivity index (χ2n) is 8.02. The largest absolute Gasteiger partial charge is 0.508 e. The molecule has 0 bridgehead atoms. The summed E-state index contributed by atoms with van der Waals surface area (Å²) in [7, 11) is 0. The molecular formula is C28H23N3O6. The number of pyridine rings is 1. The van der Waals surface area contributed by atoms with E-state index in [1.165, 1.54) is 30.5 Å². The predicted octanol–water partition coefficient (Wildman–Crippen LogP) is 4.14. The SMILES string of the molecule is O=C(O)c1cccc(Oc2ncccc2C(=O)NCc2ccc(CNC(=O)c3cccc(O)c3)cc2)c1. The Morgan fingerprint density at radius 1 is 0.757 bits per heavy atom. The molecule has 0 saturated carbocycles. The lowest BCUT2D eigenvalue weighted by atomic mass is 10.1.